The fourth-order valence-corrected chi connectivity index (χ4v) is 1.29. The summed E-state index contributed by atoms with van der Waals surface area (Å²) >= 11 is 0. The Morgan fingerprint density at radius 2 is 1.79 bits per heavy atom. The van der Waals surface area contributed by atoms with E-state index in [1.54, 1.807) is 0 Å². The van der Waals surface area contributed by atoms with Crippen molar-refractivity contribution in [2.24, 2.45) is 5.92 Å². The van der Waals surface area contributed by atoms with Gasteiger partial charge in [-0.05, 0) is 38.7 Å². The molecule has 14 heavy (non-hydrogen) atoms. The van der Waals surface area contributed by atoms with Gasteiger partial charge in [0.05, 0.1) is 12.4 Å². The topological polar surface area (TPSA) is 9.23 Å². The zero-order valence-corrected chi connectivity index (χ0v) is 10.5. The molecule has 0 aromatic rings. The molecule has 0 aliphatic heterocycles. The average Bonchev–Trinajstić information content (AvgIpc) is 2.17. The van der Waals surface area contributed by atoms with Gasteiger partial charge in [-0.1, -0.05) is 33.1 Å². The van der Waals surface area contributed by atoms with Crippen molar-refractivity contribution in [3.05, 3.63) is 11.3 Å². The van der Waals surface area contributed by atoms with Crippen LogP contribution in [0.1, 0.15) is 60.3 Å². The standard InChI is InChI=1S/C13H26O/c1-6-8-9-13(7-2)10-14-12(5)11(3)4/h13H,6-10H2,1-5H3. The predicted octanol–water partition coefficient (Wildman–Crippen LogP) is 4.53. The molecule has 0 spiro atoms. The number of ether oxygens (including phenoxy) is 1. The highest BCUT2D eigenvalue weighted by molar-refractivity contribution is 4.98. The summed E-state index contributed by atoms with van der Waals surface area (Å²) in [6, 6.07) is 0. The van der Waals surface area contributed by atoms with Gasteiger partial charge in [-0.3, -0.25) is 0 Å². The molecule has 0 aliphatic carbocycles. The van der Waals surface area contributed by atoms with Crippen molar-refractivity contribution in [1.29, 1.82) is 0 Å². The summed E-state index contributed by atoms with van der Waals surface area (Å²) in [5, 5.41) is 0. The maximum absolute atomic E-state index is 5.73. The van der Waals surface area contributed by atoms with Gasteiger partial charge in [0, 0.05) is 0 Å². The van der Waals surface area contributed by atoms with Crippen molar-refractivity contribution in [1.82, 2.24) is 0 Å². The highest BCUT2D eigenvalue weighted by Crippen LogP contribution is 2.15. The first kappa shape index (κ1) is 13.5. The molecule has 0 heterocycles. The lowest BCUT2D eigenvalue weighted by atomic mass is 10.0. The third-order valence-corrected chi connectivity index (χ3v) is 2.78. The Balaban J connectivity index is 3.78. The molecule has 0 rings (SSSR count). The Hall–Kier alpha value is -0.460. The number of hydrogen-bond acceptors (Lipinski definition) is 1. The minimum Gasteiger partial charge on any atom is -0.498 e. The first-order chi connectivity index (χ1) is 6.61. The van der Waals surface area contributed by atoms with E-state index in [4.69, 9.17) is 4.74 Å². The lowest BCUT2D eigenvalue weighted by molar-refractivity contribution is 0.155. The van der Waals surface area contributed by atoms with E-state index in [1.165, 1.54) is 31.3 Å². The maximum Gasteiger partial charge on any atom is 0.0915 e. The zero-order valence-electron chi connectivity index (χ0n) is 10.5. The summed E-state index contributed by atoms with van der Waals surface area (Å²) in [5.74, 6) is 1.84. The summed E-state index contributed by atoms with van der Waals surface area (Å²) in [5.41, 5.74) is 1.29. The number of allylic oxidation sites excluding steroid dienone is 2. The summed E-state index contributed by atoms with van der Waals surface area (Å²) in [4.78, 5) is 0. The van der Waals surface area contributed by atoms with E-state index in [-0.39, 0.29) is 0 Å². The third kappa shape index (κ3) is 6.06. The molecule has 0 fully saturated rings. The summed E-state index contributed by atoms with van der Waals surface area (Å²) in [6.45, 7) is 11.6. The molecule has 0 saturated heterocycles. The van der Waals surface area contributed by atoms with Crippen LogP contribution in [-0.2, 0) is 4.74 Å². The van der Waals surface area contributed by atoms with Gasteiger partial charge in [-0.25, -0.2) is 0 Å². The Labute approximate surface area is 89.5 Å². The molecule has 1 unspecified atom stereocenters. The minimum atomic E-state index is 0.740. The van der Waals surface area contributed by atoms with Crippen molar-refractivity contribution in [3.63, 3.8) is 0 Å². The van der Waals surface area contributed by atoms with E-state index in [1.807, 2.05) is 0 Å². The van der Waals surface area contributed by atoms with Gasteiger partial charge in [-0.15, -0.1) is 0 Å². The van der Waals surface area contributed by atoms with Crippen LogP contribution < -0.4 is 0 Å². The minimum absolute atomic E-state index is 0.740. The monoisotopic (exact) mass is 198 g/mol. The van der Waals surface area contributed by atoms with E-state index in [9.17, 15) is 0 Å². The lowest BCUT2D eigenvalue weighted by Gasteiger charge is -2.16. The molecule has 1 nitrogen and oxygen atoms in total. The average molecular weight is 198 g/mol. The van der Waals surface area contributed by atoms with Crippen LogP contribution in [0.25, 0.3) is 0 Å². The molecule has 0 radical (unpaired) electrons. The van der Waals surface area contributed by atoms with E-state index in [2.05, 4.69) is 34.6 Å². The van der Waals surface area contributed by atoms with Crippen molar-refractivity contribution in [2.45, 2.75) is 60.3 Å². The molecular formula is C13H26O. The predicted molar refractivity (Wildman–Crippen MR) is 63.3 cm³/mol. The summed E-state index contributed by atoms with van der Waals surface area (Å²) < 4.78 is 5.73. The maximum atomic E-state index is 5.73. The van der Waals surface area contributed by atoms with Crippen LogP contribution in [0.2, 0.25) is 0 Å². The van der Waals surface area contributed by atoms with Gasteiger partial charge < -0.3 is 4.74 Å². The smallest absolute Gasteiger partial charge is 0.0915 e. The third-order valence-electron chi connectivity index (χ3n) is 2.78. The first-order valence-electron chi connectivity index (χ1n) is 5.88. The highest BCUT2D eigenvalue weighted by atomic mass is 16.5. The van der Waals surface area contributed by atoms with Crippen molar-refractivity contribution in [2.75, 3.05) is 6.61 Å². The second kappa shape index (κ2) is 7.90. The fraction of sp³-hybridized carbons (Fsp3) is 0.846. The van der Waals surface area contributed by atoms with Gasteiger partial charge in [-0.2, -0.15) is 0 Å². The molecule has 0 aliphatic rings. The molecule has 1 heteroatoms. The number of unbranched alkanes of at least 4 members (excludes halogenated alkanes) is 1. The van der Waals surface area contributed by atoms with Crippen LogP contribution in [0.4, 0.5) is 0 Å². The molecule has 0 aromatic carbocycles. The molecule has 0 bridgehead atoms. The van der Waals surface area contributed by atoms with Crippen LogP contribution in [0.15, 0.2) is 11.3 Å². The first-order valence-corrected chi connectivity index (χ1v) is 5.88. The van der Waals surface area contributed by atoms with Gasteiger partial charge in [0.2, 0.25) is 0 Å². The SMILES string of the molecule is CCCCC(CC)COC(C)=C(C)C. The van der Waals surface area contributed by atoms with E-state index >= 15 is 0 Å². The lowest BCUT2D eigenvalue weighted by Crippen LogP contribution is -2.08. The largest absolute Gasteiger partial charge is 0.498 e. The molecule has 0 saturated carbocycles. The van der Waals surface area contributed by atoms with Crippen LogP contribution in [-0.4, -0.2) is 6.61 Å². The van der Waals surface area contributed by atoms with Crippen LogP contribution in [0.5, 0.6) is 0 Å². The Bertz CT molecular complexity index is 166. The summed E-state index contributed by atoms with van der Waals surface area (Å²) in [7, 11) is 0. The van der Waals surface area contributed by atoms with Crippen LogP contribution in [0, 0.1) is 5.92 Å². The normalized spacial score (nSPS) is 12.4. The summed E-state index contributed by atoms with van der Waals surface area (Å²) in [6.07, 6.45) is 5.16. The van der Waals surface area contributed by atoms with Gasteiger partial charge in [0.25, 0.3) is 0 Å². The number of rotatable bonds is 7. The quantitative estimate of drug-likeness (QED) is 0.546. The van der Waals surface area contributed by atoms with E-state index in [0.717, 1.165) is 18.3 Å². The molecular weight excluding hydrogens is 172 g/mol. The molecule has 0 N–H and O–H groups in total. The van der Waals surface area contributed by atoms with E-state index in [0.29, 0.717) is 0 Å². The van der Waals surface area contributed by atoms with Crippen LogP contribution >= 0.6 is 0 Å². The zero-order chi connectivity index (χ0) is 11.0. The van der Waals surface area contributed by atoms with Gasteiger partial charge in [0.15, 0.2) is 0 Å². The van der Waals surface area contributed by atoms with Gasteiger partial charge in [0.1, 0.15) is 0 Å². The molecule has 1 atom stereocenters. The second-order valence-electron chi connectivity index (χ2n) is 4.28. The van der Waals surface area contributed by atoms with Crippen molar-refractivity contribution >= 4 is 0 Å². The second-order valence-corrected chi connectivity index (χ2v) is 4.28. The van der Waals surface area contributed by atoms with Crippen LogP contribution in [0.3, 0.4) is 0 Å². The Morgan fingerprint density at radius 1 is 1.14 bits per heavy atom. The molecule has 0 amide bonds. The fourth-order valence-electron chi connectivity index (χ4n) is 1.29. The highest BCUT2D eigenvalue weighted by Gasteiger charge is 2.06. The van der Waals surface area contributed by atoms with Gasteiger partial charge >= 0.3 is 0 Å². The number of hydrogen-bond donors (Lipinski definition) is 0. The van der Waals surface area contributed by atoms with Crippen molar-refractivity contribution < 1.29 is 4.74 Å². The van der Waals surface area contributed by atoms with E-state index < -0.39 is 0 Å². The Kier molecular flexibility index (Phi) is 7.64. The molecule has 0 aromatic heterocycles. The Morgan fingerprint density at radius 3 is 2.21 bits per heavy atom. The van der Waals surface area contributed by atoms with Crippen molar-refractivity contribution in [3.8, 4) is 0 Å². The molecule has 84 valence electrons.